The summed E-state index contributed by atoms with van der Waals surface area (Å²) >= 11 is 5.80. The fourth-order valence-corrected chi connectivity index (χ4v) is 1.05. The molecule has 0 aromatic heterocycles. The Labute approximate surface area is 77.0 Å². The van der Waals surface area contributed by atoms with E-state index in [9.17, 15) is 0 Å². The summed E-state index contributed by atoms with van der Waals surface area (Å²) in [7, 11) is 0. The maximum absolute atomic E-state index is 5.80. The van der Waals surface area contributed by atoms with E-state index in [1.54, 1.807) is 12.1 Å². The number of rotatable bonds is 3. The molecule has 0 aliphatic carbocycles. The van der Waals surface area contributed by atoms with Crippen LogP contribution in [0.25, 0.3) is 0 Å². The number of hydrogen-bond donors (Lipinski definition) is 2. The molecular formula is C9H11ClN2. The first-order valence-electron chi connectivity index (χ1n) is 3.64. The maximum Gasteiger partial charge on any atom is 0.0739 e. The Morgan fingerprint density at radius 1 is 1.58 bits per heavy atom. The third kappa shape index (κ3) is 1.92. The third-order valence-electron chi connectivity index (χ3n) is 1.49. The van der Waals surface area contributed by atoms with Crippen molar-refractivity contribution in [3.05, 3.63) is 35.9 Å². The molecule has 0 spiro atoms. The molecule has 0 heterocycles. The van der Waals surface area contributed by atoms with Gasteiger partial charge in [0.1, 0.15) is 0 Å². The smallest absolute Gasteiger partial charge is 0.0739 e. The number of halogens is 1. The molecule has 2 nitrogen and oxygen atoms in total. The number of benzene rings is 1. The number of para-hydroxylation sites is 1. The van der Waals surface area contributed by atoms with Gasteiger partial charge in [0.05, 0.1) is 16.4 Å². The summed E-state index contributed by atoms with van der Waals surface area (Å²) in [5.41, 5.74) is 7.13. The third-order valence-corrected chi connectivity index (χ3v) is 1.82. The number of nitrogens with one attached hydrogen (secondary N) is 1. The van der Waals surface area contributed by atoms with E-state index in [1.165, 1.54) is 0 Å². The predicted molar refractivity (Wildman–Crippen MR) is 54.6 cm³/mol. The largest absolute Gasteiger partial charge is 0.396 e. The average molecular weight is 183 g/mol. The molecule has 3 heteroatoms. The molecule has 0 aliphatic heterocycles. The fraction of sp³-hybridized carbons (Fsp3) is 0.111. The molecule has 64 valence electrons. The van der Waals surface area contributed by atoms with Gasteiger partial charge in [-0.3, -0.25) is 0 Å². The van der Waals surface area contributed by atoms with Gasteiger partial charge in [0.15, 0.2) is 0 Å². The summed E-state index contributed by atoms with van der Waals surface area (Å²) in [5, 5.41) is 3.65. The number of anilines is 2. The van der Waals surface area contributed by atoms with Crippen molar-refractivity contribution in [2.24, 2.45) is 0 Å². The minimum absolute atomic E-state index is 0.573. The summed E-state index contributed by atoms with van der Waals surface area (Å²) in [6, 6.07) is 5.49. The van der Waals surface area contributed by atoms with Gasteiger partial charge in [-0.25, -0.2) is 0 Å². The second kappa shape index (κ2) is 4.02. The molecule has 0 atom stereocenters. The van der Waals surface area contributed by atoms with Crippen molar-refractivity contribution in [2.75, 3.05) is 17.6 Å². The molecule has 0 amide bonds. The lowest BCUT2D eigenvalue weighted by atomic mass is 10.2. The van der Waals surface area contributed by atoms with Gasteiger partial charge in [-0.1, -0.05) is 23.7 Å². The van der Waals surface area contributed by atoms with Gasteiger partial charge in [0, 0.05) is 6.54 Å². The molecule has 0 bridgehead atoms. The number of nitrogen functional groups attached to an aromatic ring is 1. The van der Waals surface area contributed by atoms with Crippen molar-refractivity contribution in [3.8, 4) is 0 Å². The fourth-order valence-electron chi connectivity index (χ4n) is 0.873. The molecule has 1 rings (SSSR count). The zero-order chi connectivity index (χ0) is 8.97. The van der Waals surface area contributed by atoms with Crippen LogP contribution in [0.1, 0.15) is 0 Å². The van der Waals surface area contributed by atoms with Gasteiger partial charge in [-0.2, -0.15) is 0 Å². The highest BCUT2D eigenvalue weighted by Crippen LogP contribution is 2.26. The van der Waals surface area contributed by atoms with Gasteiger partial charge >= 0.3 is 0 Å². The zero-order valence-corrected chi connectivity index (χ0v) is 7.43. The van der Waals surface area contributed by atoms with Gasteiger partial charge in [-0.15, -0.1) is 6.58 Å². The lowest BCUT2D eigenvalue weighted by Gasteiger charge is -2.07. The van der Waals surface area contributed by atoms with Crippen LogP contribution < -0.4 is 11.1 Å². The van der Waals surface area contributed by atoms with E-state index >= 15 is 0 Å². The Morgan fingerprint density at radius 3 is 3.00 bits per heavy atom. The molecule has 0 aliphatic rings. The first-order chi connectivity index (χ1) is 5.75. The second-order valence-electron chi connectivity index (χ2n) is 2.37. The molecule has 0 radical (unpaired) electrons. The first-order valence-corrected chi connectivity index (χ1v) is 4.02. The van der Waals surface area contributed by atoms with Gasteiger partial charge in [0.2, 0.25) is 0 Å². The molecule has 0 unspecified atom stereocenters. The minimum Gasteiger partial charge on any atom is -0.396 e. The molecule has 0 saturated heterocycles. The van der Waals surface area contributed by atoms with Crippen LogP contribution in [-0.4, -0.2) is 6.54 Å². The van der Waals surface area contributed by atoms with Crippen LogP contribution in [0.4, 0.5) is 11.4 Å². The second-order valence-corrected chi connectivity index (χ2v) is 2.78. The lowest BCUT2D eigenvalue weighted by molar-refractivity contribution is 1.34. The van der Waals surface area contributed by atoms with Crippen LogP contribution >= 0.6 is 11.6 Å². The Bertz CT molecular complexity index is 284. The molecule has 12 heavy (non-hydrogen) atoms. The van der Waals surface area contributed by atoms with E-state index < -0.39 is 0 Å². The molecule has 1 aromatic rings. The maximum atomic E-state index is 5.80. The van der Waals surface area contributed by atoms with E-state index in [0.717, 1.165) is 5.69 Å². The monoisotopic (exact) mass is 182 g/mol. The van der Waals surface area contributed by atoms with Gasteiger partial charge < -0.3 is 11.1 Å². The van der Waals surface area contributed by atoms with Crippen molar-refractivity contribution in [1.29, 1.82) is 0 Å². The summed E-state index contributed by atoms with van der Waals surface area (Å²) in [4.78, 5) is 0. The highest BCUT2D eigenvalue weighted by atomic mass is 35.5. The number of nitrogens with two attached hydrogens (primary N) is 1. The van der Waals surface area contributed by atoms with E-state index in [1.807, 2.05) is 12.1 Å². The van der Waals surface area contributed by atoms with Crippen LogP contribution in [0.5, 0.6) is 0 Å². The van der Waals surface area contributed by atoms with Crippen molar-refractivity contribution >= 4 is 23.0 Å². The normalized spacial score (nSPS) is 9.42. The molecule has 3 N–H and O–H groups in total. The predicted octanol–water partition coefficient (Wildman–Crippen LogP) is 2.52. The SMILES string of the molecule is C=CCNc1cccc(Cl)c1N. The Hall–Kier alpha value is -1.15. The quantitative estimate of drug-likeness (QED) is 0.557. The molecule has 1 aromatic carbocycles. The average Bonchev–Trinajstić information content (AvgIpc) is 2.08. The Kier molecular flexibility index (Phi) is 3.00. The van der Waals surface area contributed by atoms with Crippen molar-refractivity contribution in [2.45, 2.75) is 0 Å². The molecule has 0 fully saturated rings. The van der Waals surface area contributed by atoms with E-state index in [4.69, 9.17) is 17.3 Å². The van der Waals surface area contributed by atoms with Crippen LogP contribution in [0.15, 0.2) is 30.9 Å². The molecular weight excluding hydrogens is 172 g/mol. The number of hydrogen-bond acceptors (Lipinski definition) is 2. The van der Waals surface area contributed by atoms with Crippen molar-refractivity contribution in [1.82, 2.24) is 0 Å². The van der Waals surface area contributed by atoms with Gasteiger partial charge in [0.25, 0.3) is 0 Å². The van der Waals surface area contributed by atoms with E-state index in [-0.39, 0.29) is 0 Å². The summed E-state index contributed by atoms with van der Waals surface area (Å²) < 4.78 is 0. The minimum atomic E-state index is 0.573. The summed E-state index contributed by atoms with van der Waals surface area (Å²) in [6.07, 6.45) is 1.76. The van der Waals surface area contributed by atoms with Crippen molar-refractivity contribution in [3.63, 3.8) is 0 Å². The topological polar surface area (TPSA) is 38.0 Å². The summed E-state index contributed by atoms with van der Waals surface area (Å²) in [6.45, 7) is 4.28. The van der Waals surface area contributed by atoms with Gasteiger partial charge in [-0.05, 0) is 12.1 Å². The zero-order valence-electron chi connectivity index (χ0n) is 6.68. The van der Waals surface area contributed by atoms with Crippen LogP contribution in [-0.2, 0) is 0 Å². The highest BCUT2D eigenvalue weighted by molar-refractivity contribution is 6.33. The Morgan fingerprint density at radius 2 is 2.33 bits per heavy atom. The van der Waals surface area contributed by atoms with Crippen molar-refractivity contribution < 1.29 is 0 Å². The van der Waals surface area contributed by atoms with E-state index in [2.05, 4.69) is 11.9 Å². The van der Waals surface area contributed by atoms with Crippen LogP contribution in [0.3, 0.4) is 0 Å². The standard InChI is InChI=1S/C9H11ClN2/c1-2-6-12-8-5-3-4-7(10)9(8)11/h2-5,12H,1,6,11H2. The van der Waals surface area contributed by atoms with E-state index in [0.29, 0.717) is 17.3 Å². The first kappa shape index (κ1) is 8.94. The molecule has 0 saturated carbocycles. The van der Waals surface area contributed by atoms with Crippen LogP contribution in [0, 0.1) is 0 Å². The lowest BCUT2D eigenvalue weighted by Crippen LogP contribution is -2.01. The Balaban J connectivity index is 2.84. The summed E-state index contributed by atoms with van der Waals surface area (Å²) in [5.74, 6) is 0. The highest BCUT2D eigenvalue weighted by Gasteiger charge is 1.99. The van der Waals surface area contributed by atoms with Crippen LogP contribution in [0.2, 0.25) is 5.02 Å².